The van der Waals surface area contributed by atoms with E-state index in [1.807, 2.05) is 0 Å². The lowest BCUT2D eigenvalue weighted by Crippen LogP contribution is -2.32. The van der Waals surface area contributed by atoms with Crippen LogP contribution in [0.3, 0.4) is 0 Å². The smallest absolute Gasteiger partial charge is 0.416 e. The van der Waals surface area contributed by atoms with Crippen molar-refractivity contribution in [1.82, 2.24) is 0 Å². The van der Waals surface area contributed by atoms with Gasteiger partial charge in [0.2, 0.25) is 0 Å². The molecule has 1 unspecified atom stereocenters. The third kappa shape index (κ3) is 4.93. The molecule has 0 aliphatic heterocycles. The maximum absolute atomic E-state index is 12.6. The Morgan fingerprint density at radius 2 is 1.38 bits per heavy atom. The van der Waals surface area contributed by atoms with Gasteiger partial charge in [-0.15, -0.1) is 0 Å². The molecule has 2 aliphatic rings. The summed E-state index contributed by atoms with van der Waals surface area (Å²) in [7, 11) is 0. The van der Waals surface area contributed by atoms with Crippen LogP contribution < -0.4 is 4.74 Å². The quantitative estimate of drug-likeness (QED) is 0.655. The van der Waals surface area contributed by atoms with Gasteiger partial charge in [-0.25, -0.2) is 0 Å². The minimum absolute atomic E-state index is 0.0658. The van der Waals surface area contributed by atoms with E-state index < -0.39 is 18.0 Å². The maximum Gasteiger partial charge on any atom is 0.416 e. The lowest BCUT2D eigenvalue weighted by molar-refractivity contribution is -0.137. The van der Waals surface area contributed by atoms with Gasteiger partial charge in [0.25, 0.3) is 0 Å². The molecule has 3 rings (SSSR count). The second-order valence-electron chi connectivity index (χ2n) is 8.23. The second kappa shape index (κ2) is 8.20. The lowest BCUT2D eigenvalue weighted by atomic mass is 9.69. The van der Waals surface area contributed by atoms with Gasteiger partial charge in [0.15, 0.2) is 6.29 Å². The van der Waals surface area contributed by atoms with Crippen LogP contribution in [0.25, 0.3) is 0 Å². The number of rotatable bonds is 4. The van der Waals surface area contributed by atoms with Crippen molar-refractivity contribution in [2.45, 2.75) is 70.8 Å². The van der Waals surface area contributed by atoms with Crippen LogP contribution in [-0.2, 0) is 6.18 Å². The summed E-state index contributed by atoms with van der Waals surface area (Å²) in [4.78, 5) is 0. The highest BCUT2D eigenvalue weighted by atomic mass is 19.4. The molecule has 0 bridgehead atoms. The number of aliphatic hydroxyl groups is 1. The summed E-state index contributed by atoms with van der Waals surface area (Å²) in [6.07, 6.45) is 4.15. The molecule has 1 aromatic carbocycles. The molecule has 1 aromatic rings. The Morgan fingerprint density at radius 3 is 1.88 bits per heavy atom. The van der Waals surface area contributed by atoms with Crippen molar-refractivity contribution >= 4 is 0 Å². The van der Waals surface area contributed by atoms with Gasteiger partial charge in [-0.2, -0.15) is 13.2 Å². The van der Waals surface area contributed by atoms with Crippen molar-refractivity contribution in [3.8, 4) is 5.75 Å². The van der Waals surface area contributed by atoms with E-state index in [1.54, 1.807) is 0 Å². The second-order valence-corrected chi connectivity index (χ2v) is 8.23. The zero-order valence-electron chi connectivity index (χ0n) is 15.3. The summed E-state index contributed by atoms with van der Waals surface area (Å²) in [6, 6.07) is 4.54. The maximum atomic E-state index is 12.6. The van der Waals surface area contributed by atoms with Gasteiger partial charge in [-0.1, -0.05) is 19.8 Å². The molecule has 146 valence electrons. The van der Waals surface area contributed by atoms with E-state index in [0.717, 1.165) is 55.6 Å². The minimum atomic E-state index is -4.35. The Bertz CT molecular complexity index is 554. The van der Waals surface area contributed by atoms with Crippen LogP contribution in [0.1, 0.15) is 63.9 Å². The van der Waals surface area contributed by atoms with Crippen LogP contribution in [0.2, 0.25) is 0 Å². The number of alkyl halides is 3. The number of aliphatic hydroxyl groups excluding tert-OH is 1. The van der Waals surface area contributed by atoms with E-state index in [9.17, 15) is 18.3 Å². The molecule has 1 N–H and O–H groups in total. The largest absolute Gasteiger partial charge is 0.465 e. The van der Waals surface area contributed by atoms with E-state index >= 15 is 0 Å². The van der Waals surface area contributed by atoms with E-state index in [1.165, 1.54) is 37.8 Å². The summed E-state index contributed by atoms with van der Waals surface area (Å²) < 4.78 is 43.3. The zero-order valence-corrected chi connectivity index (χ0v) is 15.3. The van der Waals surface area contributed by atoms with Gasteiger partial charge in [0.1, 0.15) is 5.75 Å². The first kappa shape index (κ1) is 19.5. The van der Waals surface area contributed by atoms with Gasteiger partial charge >= 0.3 is 6.18 Å². The highest BCUT2D eigenvalue weighted by Crippen LogP contribution is 2.42. The van der Waals surface area contributed by atoms with Crippen LogP contribution in [0.5, 0.6) is 5.75 Å². The minimum Gasteiger partial charge on any atom is -0.465 e. The molecule has 2 saturated carbocycles. The predicted molar refractivity (Wildman–Crippen MR) is 94.6 cm³/mol. The molecule has 26 heavy (non-hydrogen) atoms. The fourth-order valence-corrected chi connectivity index (χ4v) is 4.62. The van der Waals surface area contributed by atoms with Gasteiger partial charge in [0, 0.05) is 5.92 Å². The van der Waals surface area contributed by atoms with Crippen molar-refractivity contribution in [2.75, 3.05) is 0 Å². The van der Waals surface area contributed by atoms with Crippen LogP contribution in [0.15, 0.2) is 24.3 Å². The molecule has 0 saturated heterocycles. The van der Waals surface area contributed by atoms with Gasteiger partial charge in [0.05, 0.1) is 5.56 Å². The summed E-state index contributed by atoms with van der Waals surface area (Å²) in [5.41, 5.74) is -0.707. The summed E-state index contributed by atoms with van der Waals surface area (Å²) in [6.45, 7) is 2.34. The Hall–Kier alpha value is -1.23. The van der Waals surface area contributed by atoms with Crippen molar-refractivity contribution < 1.29 is 23.0 Å². The third-order valence-corrected chi connectivity index (χ3v) is 6.39. The number of halogens is 3. The highest BCUT2D eigenvalue weighted by Gasteiger charge is 2.33. The lowest BCUT2D eigenvalue weighted by Gasteiger charge is -2.38. The molecule has 1 atom stereocenters. The van der Waals surface area contributed by atoms with E-state index in [2.05, 4.69) is 6.92 Å². The Balaban J connectivity index is 1.47. The first-order valence-corrected chi connectivity index (χ1v) is 9.85. The monoisotopic (exact) mass is 370 g/mol. The van der Waals surface area contributed by atoms with Crippen molar-refractivity contribution in [3.05, 3.63) is 29.8 Å². The topological polar surface area (TPSA) is 29.5 Å². The van der Waals surface area contributed by atoms with E-state index in [-0.39, 0.29) is 11.7 Å². The summed E-state index contributed by atoms with van der Waals surface area (Å²) in [5, 5.41) is 10.3. The van der Waals surface area contributed by atoms with E-state index in [4.69, 9.17) is 4.74 Å². The fraction of sp³-hybridized carbons (Fsp3) is 0.714. The fourth-order valence-electron chi connectivity index (χ4n) is 4.62. The SMILES string of the molecule is CC1CCC(C2CCC(C(O)Oc3ccc(C(F)(F)F)cc3)CC2)CC1. The van der Waals surface area contributed by atoms with E-state index in [0.29, 0.717) is 0 Å². The average molecular weight is 370 g/mol. The molecule has 0 amide bonds. The zero-order chi connectivity index (χ0) is 18.7. The van der Waals surface area contributed by atoms with Gasteiger partial charge in [-0.05, 0) is 80.5 Å². The number of benzene rings is 1. The van der Waals surface area contributed by atoms with Crippen LogP contribution in [0, 0.1) is 23.7 Å². The Kier molecular flexibility index (Phi) is 6.16. The summed E-state index contributed by atoms with van der Waals surface area (Å²) in [5.74, 6) is 2.81. The molecule has 2 aliphatic carbocycles. The standard InChI is InChI=1S/C21H29F3O2/c1-14-2-4-15(5-3-14)16-6-8-17(9-7-16)20(25)26-19-12-10-18(11-13-19)21(22,23)24/h10-17,20,25H,2-9H2,1H3. The predicted octanol–water partition coefficient (Wildman–Crippen LogP) is 6.04. The van der Waals surface area contributed by atoms with Crippen molar-refractivity contribution in [3.63, 3.8) is 0 Å². The number of ether oxygens (including phenoxy) is 1. The molecule has 0 radical (unpaired) electrons. The first-order chi connectivity index (χ1) is 12.3. The van der Waals surface area contributed by atoms with Crippen molar-refractivity contribution in [2.24, 2.45) is 23.7 Å². The normalized spacial score (nSPS) is 31.4. The molecule has 0 heterocycles. The van der Waals surface area contributed by atoms with Gasteiger partial charge < -0.3 is 9.84 Å². The average Bonchev–Trinajstić information content (AvgIpc) is 2.62. The van der Waals surface area contributed by atoms with Gasteiger partial charge in [-0.3, -0.25) is 0 Å². The number of hydrogen-bond acceptors (Lipinski definition) is 2. The highest BCUT2D eigenvalue weighted by molar-refractivity contribution is 5.28. The molecular weight excluding hydrogens is 341 g/mol. The molecule has 0 aromatic heterocycles. The molecule has 2 fully saturated rings. The molecule has 0 spiro atoms. The first-order valence-electron chi connectivity index (χ1n) is 9.85. The third-order valence-electron chi connectivity index (χ3n) is 6.39. The molecule has 2 nitrogen and oxygen atoms in total. The molecular formula is C21H29F3O2. The Labute approximate surface area is 153 Å². The number of hydrogen-bond donors (Lipinski definition) is 1. The molecule has 5 heteroatoms. The summed E-state index contributed by atoms with van der Waals surface area (Å²) >= 11 is 0. The van der Waals surface area contributed by atoms with Crippen LogP contribution >= 0.6 is 0 Å². The Morgan fingerprint density at radius 1 is 0.885 bits per heavy atom. The van der Waals surface area contributed by atoms with Crippen molar-refractivity contribution in [1.29, 1.82) is 0 Å². The van der Waals surface area contributed by atoms with Crippen LogP contribution in [-0.4, -0.2) is 11.4 Å². The van der Waals surface area contributed by atoms with Crippen LogP contribution in [0.4, 0.5) is 13.2 Å².